The molecule has 0 saturated heterocycles. The molecule has 19 heavy (non-hydrogen) atoms. The Morgan fingerprint density at radius 3 is 3.00 bits per heavy atom. The van der Waals surface area contributed by atoms with Crippen LogP contribution in [-0.4, -0.2) is 33.9 Å². The second kappa shape index (κ2) is 5.99. The molecule has 7 heteroatoms. The van der Waals surface area contributed by atoms with Crippen LogP contribution in [0.1, 0.15) is 37.4 Å². The Labute approximate surface area is 110 Å². The first kappa shape index (κ1) is 13.8. The monoisotopic (exact) mass is 273 g/mol. The van der Waals surface area contributed by atoms with Crippen molar-refractivity contribution in [3.8, 4) is 0 Å². The van der Waals surface area contributed by atoms with E-state index in [9.17, 15) is 13.6 Å². The highest BCUT2D eigenvalue weighted by molar-refractivity contribution is 5.67. The quantitative estimate of drug-likeness (QED) is 0.792. The van der Waals surface area contributed by atoms with Crippen LogP contribution in [-0.2, 0) is 17.8 Å². The standard InChI is InChI=1S/C12H17F2N3O2/c1-2-3-6-19-12(18)16-4-5-17-10(8-16)9(7-15-17)11(13)14/h7,11H,2-6,8H2,1H3. The Morgan fingerprint density at radius 1 is 1.53 bits per heavy atom. The minimum Gasteiger partial charge on any atom is -0.449 e. The molecule has 5 nitrogen and oxygen atoms in total. The maximum atomic E-state index is 12.8. The van der Waals surface area contributed by atoms with Gasteiger partial charge in [0.1, 0.15) is 0 Å². The third-order valence-corrected chi connectivity index (χ3v) is 3.12. The van der Waals surface area contributed by atoms with Gasteiger partial charge in [-0.05, 0) is 6.42 Å². The van der Waals surface area contributed by atoms with E-state index in [1.165, 1.54) is 15.8 Å². The van der Waals surface area contributed by atoms with E-state index in [-0.39, 0.29) is 12.1 Å². The maximum absolute atomic E-state index is 12.8. The number of unbranched alkanes of at least 4 members (excludes halogenated alkanes) is 1. The molecule has 1 aromatic heterocycles. The first-order valence-corrected chi connectivity index (χ1v) is 6.38. The SMILES string of the molecule is CCCCOC(=O)N1CCn2ncc(C(F)F)c2C1. The Bertz CT molecular complexity index is 448. The third kappa shape index (κ3) is 3.02. The number of hydrogen-bond donors (Lipinski definition) is 0. The third-order valence-electron chi connectivity index (χ3n) is 3.12. The predicted molar refractivity (Wildman–Crippen MR) is 63.9 cm³/mol. The summed E-state index contributed by atoms with van der Waals surface area (Å²) in [4.78, 5) is 13.2. The summed E-state index contributed by atoms with van der Waals surface area (Å²) in [6.07, 6.45) is -0.0951. The van der Waals surface area contributed by atoms with E-state index in [1.54, 1.807) is 0 Å². The lowest BCUT2D eigenvalue weighted by Crippen LogP contribution is -2.39. The van der Waals surface area contributed by atoms with Gasteiger partial charge < -0.3 is 9.64 Å². The van der Waals surface area contributed by atoms with Crippen LogP contribution >= 0.6 is 0 Å². The number of alkyl halides is 2. The highest BCUT2D eigenvalue weighted by Gasteiger charge is 2.27. The van der Waals surface area contributed by atoms with Crippen LogP contribution in [0.25, 0.3) is 0 Å². The zero-order chi connectivity index (χ0) is 13.8. The molecule has 1 amide bonds. The van der Waals surface area contributed by atoms with Crippen molar-refractivity contribution >= 4 is 6.09 Å². The Balaban J connectivity index is 2.00. The van der Waals surface area contributed by atoms with Crippen molar-refractivity contribution < 1.29 is 18.3 Å². The highest BCUT2D eigenvalue weighted by atomic mass is 19.3. The molecule has 0 N–H and O–H groups in total. The van der Waals surface area contributed by atoms with E-state index in [2.05, 4.69) is 5.10 Å². The van der Waals surface area contributed by atoms with Gasteiger partial charge in [0.15, 0.2) is 0 Å². The molecule has 1 aromatic rings. The fraction of sp³-hybridized carbons (Fsp3) is 0.667. The Kier molecular flexibility index (Phi) is 4.34. The fourth-order valence-corrected chi connectivity index (χ4v) is 2.00. The van der Waals surface area contributed by atoms with Crippen molar-refractivity contribution in [1.82, 2.24) is 14.7 Å². The lowest BCUT2D eigenvalue weighted by atomic mass is 10.2. The van der Waals surface area contributed by atoms with Crippen LogP contribution in [0.2, 0.25) is 0 Å². The number of carbonyl (C=O) groups excluding carboxylic acids is 1. The topological polar surface area (TPSA) is 47.4 Å². The van der Waals surface area contributed by atoms with E-state index >= 15 is 0 Å². The number of amides is 1. The van der Waals surface area contributed by atoms with Gasteiger partial charge in [-0.15, -0.1) is 0 Å². The van der Waals surface area contributed by atoms with E-state index < -0.39 is 12.5 Å². The van der Waals surface area contributed by atoms with Crippen molar-refractivity contribution in [2.45, 2.75) is 39.3 Å². The Morgan fingerprint density at radius 2 is 2.32 bits per heavy atom. The number of fused-ring (bicyclic) bond motifs is 1. The minimum atomic E-state index is -2.57. The lowest BCUT2D eigenvalue weighted by Gasteiger charge is -2.27. The first-order valence-electron chi connectivity index (χ1n) is 6.38. The molecule has 0 fully saturated rings. The summed E-state index contributed by atoms with van der Waals surface area (Å²) in [5, 5.41) is 3.91. The van der Waals surface area contributed by atoms with Crippen molar-refractivity contribution in [2.75, 3.05) is 13.2 Å². The van der Waals surface area contributed by atoms with Gasteiger partial charge in [-0.2, -0.15) is 5.10 Å². The molecular formula is C12H17F2N3O2. The van der Waals surface area contributed by atoms with Gasteiger partial charge in [-0.1, -0.05) is 13.3 Å². The average Bonchev–Trinajstić information content (AvgIpc) is 2.81. The summed E-state index contributed by atoms with van der Waals surface area (Å²) >= 11 is 0. The van der Waals surface area contributed by atoms with Gasteiger partial charge in [0.2, 0.25) is 0 Å². The van der Waals surface area contributed by atoms with Crippen LogP contribution in [0.3, 0.4) is 0 Å². The van der Waals surface area contributed by atoms with E-state index in [1.807, 2.05) is 6.92 Å². The van der Waals surface area contributed by atoms with Crippen LogP contribution in [0.15, 0.2) is 6.20 Å². The smallest absolute Gasteiger partial charge is 0.410 e. The van der Waals surface area contributed by atoms with Gasteiger partial charge in [-0.3, -0.25) is 4.68 Å². The summed E-state index contributed by atoms with van der Waals surface area (Å²) in [5.74, 6) is 0. The number of ether oxygens (including phenoxy) is 1. The number of rotatable bonds is 4. The molecule has 106 valence electrons. The molecule has 0 bridgehead atoms. The largest absolute Gasteiger partial charge is 0.449 e. The van der Waals surface area contributed by atoms with E-state index in [4.69, 9.17) is 4.74 Å². The zero-order valence-corrected chi connectivity index (χ0v) is 10.8. The van der Waals surface area contributed by atoms with Crippen molar-refractivity contribution in [1.29, 1.82) is 0 Å². The molecule has 0 radical (unpaired) electrons. The molecule has 0 spiro atoms. The van der Waals surface area contributed by atoms with Gasteiger partial charge in [0.05, 0.1) is 37.2 Å². The highest BCUT2D eigenvalue weighted by Crippen LogP contribution is 2.26. The van der Waals surface area contributed by atoms with Crippen LogP contribution in [0.5, 0.6) is 0 Å². The fourth-order valence-electron chi connectivity index (χ4n) is 2.00. The molecule has 2 heterocycles. The van der Waals surface area contributed by atoms with Gasteiger partial charge in [0, 0.05) is 6.54 Å². The number of nitrogens with zero attached hydrogens (tertiary/aromatic N) is 3. The summed E-state index contributed by atoms with van der Waals surface area (Å²) < 4.78 is 32.2. The van der Waals surface area contributed by atoms with Crippen LogP contribution in [0, 0.1) is 0 Å². The molecule has 0 aromatic carbocycles. The first-order chi connectivity index (χ1) is 9.13. The van der Waals surface area contributed by atoms with E-state index in [0.29, 0.717) is 25.4 Å². The van der Waals surface area contributed by atoms with Gasteiger partial charge in [-0.25, -0.2) is 13.6 Å². The number of aromatic nitrogens is 2. The summed E-state index contributed by atoms with van der Waals surface area (Å²) in [5.41, 5.74) is 0.291. The summed E-state index contributed by atoms with van der Waals surface area (Å²) in [7, 11) is 0. The number of hydrogen-bond acceptors (Lipinski definition) is 3. The molecule has 0 atom stereocenters. The normalized spacial score (nSPS) is 14.6. The minimum absolute atomic E-state index is 0.106. The second-order valence-electron chi connectivity index (χ2n) is 4.46. The van der Waals surface area contributed by atoms with Crippen molar-refractivity contribution in [3.63, 3.8) is 0 Å². The molecular weight excluding hydrogens is 256 g/mol. The van der Waals surface area contributed by atoms with Gasteiger partial charge >= 0.3 is 6.09 Å². The summed E-state index contributed by atoms with van der Waals surface area (Å²) in [6.45, 7) is 3.35. The summed E-state index contributed by atoms with van der Waals surface area (Å²) in [6, 6.07) is 0. The van der Waals surface area contributed by atoms with Crippen LogP contribution < -0.4 is 0 Å². The lowest BCUT2D eigenvalue weighted by molar-refractivity contribution is 0.0886. The number of halogens is 2. The van der Waals surface area contributed by atoms with Crippen molar-refractivity contribution in [2.24, 2.45) is 0 Å². The zero-order valence-electron chi connectivity index (χ0n) is 10.8. The van der Waals surface area contributed by atoms with E-state index in [0.717, 1.165) is 12.8 Å². The molecule has 2 rings (SSSR count). The van der Waals surface area contributed by atoms with Gasteiger partial charge in [0.25, 0.3) is 6.43 Å². The molecule has 1 aliphatic rings. The Hall–Kier alpha value is -1.66. The number of carbonyl (C=O) groups is 1. The average molecular weight is 273 g/mol. The maximum Gasteiger partial charge on any atom is 0.410 e. The molecule has 1 aliphatic heterocycles. The molecule has 0 saturated carbocycles. The molecule has 0 unspecified atom stereocenters. The van der Waals surface area contributed by atoms with Crippen molar-refractivity contribution in [3.05, 3.63) is 17.5 Å². The second-order valence-corrected chi connectivity index (χ2v) is 4.46. The predicted octanol–water partition coefficient (Wildman–Crippen LogP) is 2.57. The molecule has 0 aliphatic carbocycles. The van der Waals surface area contributed by atoms with Crippen LogP contribution in [0.4, 0.5) is 13.6 Å².